The number of hydrogen-bond donors (Lipinski definition) is 0. The molecule has 1 aromatic carbocycles. The summed E-state index contributed by atoms with van der Waals surface area (Å²) in [6, 6.07) is 9.36. The van der Waals surface area contributed by atoms with Gasteiger partial charge in [0.25, 0.3) is 0 Å². The average molecular weight is 384 g/mol. The SMILES string of the molecule is CC[C@@](C)(C=O)[C@@H](CC(=O)c1nccn1-c1ccccc1)C(=O)OC(C)(C)C. The zero-order valence-electron chi connectivity index (χ0n) is 17.1. The summed E-state index contributed by atoms with van der Waals surface area (Å²) in [5, 5.41) is 0. The van der Waals surface area contributed by atoms with Crippen molar-refractivity contribution in [3.8, 4) is 5.69 Å². The van der Waals surface area contributed by atoms with E-state index in [1.54, 1.807) is 44.7 Å². The molecule has 6 heteroatoms. The van der Waals surface area contributed by atoms with Crippen molar-refractivity contribution in [1.82, 2.24) is 9.55 Å². The van der Waals surface area contributed by atoms with Gasteiger partial charge in [-0.1, -0.05) is 32.0 Å². The smallest absolute Gasteiger partial charge is 0.310 e. The highest BCUT2D eigenvalue weighted by atomic mass is 16.6. The number of ether oxygens (including phenoxy) is 1. The number of para-hydroxylation sites is 1. The highest BCUT2D eigenvalue weighted by Gasteiger charge is 2.42. The maximum atomic E-state index is 13.1. The van der Waals surface area contributed by atoms with Gasteiger partial charge in [-0.2, -0.15) is 0 Å². The van der Waals surface area contributed by atoms with E-state index in [0.717, 1.165) is 12.0 Å². The second-order valence-corrected chi connectivity index (χ2v) is 8.15. The number of aldehydes is 1. The van der Waals surface area contributed by atoms with Gasteiger partial charge >= 0.3 is 5.97 Å². The van der Waals surface area contributed by atoms with Crippen LogP contribution in [0.4, 0.5) is 0 Å². The van der Waals surface area contributed by atoms with Gasteiger partial charge in [0.15, 0.2) is 11.6 Å². The Morgan fingerprint density at radius 3 is 2.36 bits per heavy atom. The molecule has 0 saturated heterocycles. The molecule has 0 aliphatic carbocycles. The summed E-state index contributed by atoms with van der Waals surface area (Å²) in [6.45, 7) is 8.79. The fourth-order valence-corrected chi connectivity index (χ4v) is 2.95. The molecule has 0 spiro atoms. The van der Waals surface area contributed by atoms with Crippen LogP contribution in [0.25, 0.3) is 5.69 Å². The van der Waals surface area contributed by atoms with E-state index in [2.05, 4.69) is 4.98 Å². The van der Waals surface area contributed by atoms with Crippen LogP contribution in [-0.4, -0.2) is 33.2 Å². The number of imidazole rings is 1. The molecular formula is C22H28N2O4. The molecule has 28 heavy (non-hydrogen) atoms. The number of carbonyl (C=O) groups excluding carboxylic acids is 3. The molecule has 1 heterocycles. The maximum absolute atomic E-state index is 13.1. The van der Waals surface area contributed by atoms with E-state index in [4.69, 9.17) is 4.74 Å². The Kier molecular flexibility index (Phi) is 6.54. The first-order chi connectivity index (χ1) is 13.1. The minimum atomic E-state index is -0.998. The molecule has 0 fully saturated rings. The van der Waals surface area contributed by atoms with Crippen molar-refractivity contribution >= 4 is 18.0 Å². The lowest BCUT2D eigenvalue weighted by molar-refractivity contribution is -0.165. The molecule has 0 bridgehead atoms. The van der Waals surface area contributed by atoms with E-state index in [9.17, 15) is 14.4 Å². The zero-order chi connectivity index (χ0) is 20.9. The minimum Gasteiger partial charge on any atom is -0.460 e. The molecule has 2 atom stereocenters. The molecule has 6 nitrogen and oxygen atoms in total. The van der Waals surface area contributed by atoms with E-state index >= 15 is 0 Å². The van der Waals surface area contributed by atoms with Crippen molar-refractivity contribution in [3.05, 3.63) is 48.5 Å². The number of Topliss-reactive ketones (excluding diaryl/α,β-unsaturated/α-hetero) is 1. The summed E-state index contributed by atoms with van der Waals surface area (Å²) in [5.41, 5.74) is -0.911. The van der Waals surface area contributed by atoms with Crippen molar-refractivity contribution in [2.75, 3.05) is 0 Å². The lowest BCUT2D eigenvalue weighted by Gasteiger charge is -2.32. The van der Waals surface area contributed by atoms with Crippen LogP contribution in [0.5, 0.6) is 0 Å². The molecule has 2 aromatic rings. The second kappa shape index (κ2) is 8.50. The normalized spacial score (nSPS) is 14.8. The van der Waals surface area contributed by atoms with Crippen LogP contribution >= 0.6 is 0 Å². The van der Waals surface area contributed by atoms with E-state index < -0.39 is 22.9 Å². The number of benzene rings is 1. The van der Waals surface area contributed by atoms with E-state index in [-0.39, 0.29) is 18.0 Å². The Bertz CT molecular complexity index is 836. The van der Waals surface area contributed by atoms with Crippen LogP contribution in [0.3, 0.4) is 0 Å². The summed E-state index contributed by atoms with van der Waals surface area (Å²) >= 11 is 0. The molecule has 0 N–H and O–H groups in total. The molecule has 0 aliphatic heterocycles. The van der Waals surface area contributed by atoms with E-state index in [0.29, 0.717) is 6.42 Å². The Balaban J connectivity index is 2.35. The van der Waals surface area contributed by atoms with Crippen LogP contribution in [0.15, 0.2) is 42.7 Å². The fourth-order valence-electron chi connectivity index (χ4n) is 2.95. The second-order valence-electron chi connectivity index (χ2n) is 8.15. The first kappa shape index (κ1) is 21.5. The number of hydrogen-bond acceptors (Lipinski definition) is 5. The highest BCUT2D eigenvalue weighted by Crippen LogP contribution is 2.34. The van der Waals surface area contributed by atoms with Crippen LogP contribution in [0.1, 0.15) is 58.1 Å². The van der Waals surface area contributed by atoms with Gasteiger partial charge in [0.2, 0.25) is 0 Å². The summed E-state index contributed by atoms with van der Waals surface area (Å²) in [5.74, 6) is -1.52. The molecular weight excluding hydrogens is 356 g/mol. The third kappa shape index (κ3) is 4.94. The van der Waals surface area contributed by atoms with Gasteiger partial charge in [0, 0.05) is 29.9 Å². The maximum Gasteiger partial charge on any atom is 0.310 e. The summed E-state index contributed by atoms with van der Waals surface area (Å²) in [4.78, 5) is 41.8. The molecule has 0 saturated carbocycles. The standard InChI is InChI=1S/C22H28N2O4/c1-6-22(5,15-25)17(20(27)28-21(2,3)4)14-18(26)19-23-12-13-24(19)16-10-8-7-9-11-16/h7-13,15,17H,6,14H2,1-5H3/t17-,22-/m0/s1. The van der Waals surface area contributed by atoms with Gasteiger partial charge in [-0.05, 0) is 39.3 Å². The lowest BCUT2D eigenvalue weighted by atomic mass is 9.73. The molecule has 0 aliphatic rings. The van der Waals surface area contributed by atoms with Gasteiger partial charge in [0.05, 0.1) is 5.92 Å². The fraction of sp³-hybridized carbons (Fsp3) is 0.455. The monoisotopic (exact) mass is 384 g/mol. The molecule has 150 valence electrons. The number of ketones is 1. The van der Waals surface area contributed by atoms with E-state index in [1.165, 1.54) is 0 Å². The topological polar surface area (TPSA) is 78.3 Å². The number of nitrogens with zero attached hydrogens (tertiary/aromatic N) is 2. The number of rotatable bonds is 8. The largest absolute Gasteiger partial charge is 0.460 e. The number of aromatic nitrogens is 2. The van der Waals surface area contributed by atoms with Crippen molar-refractivity contribution < 1.29 is 19.1 Å². The lowest BCUT2D eigenvalue weighted by Crippen LogP contribution is -2.40. The van der Waals surface area contributed by atoms with Crippen molar-refractivity contribution in [2.45, 2.75) is 53.1 Å². The Hall–Kier alpha value is -2.76. The minimum absolute atomic E-state index is 0.151. The summed E-state index contributed by atoms with van der Waals surface area (Å²) < 4.78 is 7.18. The van der Waals surface area contributed by atoms with Gasteiger partial charge < -0.3 is 9.53 Å². The number of carbonyl (C=O) groups is 3. The Labute approximate surface area is 165 Å². The van der Waals surface area contributed by atoms with Crippen LogP contribution in [0.2, 0.25) is 0 Å². The highest BCUT2D eigenvalue weighted by molar-refractivity contribution is 5.96. The predicted octanol–water partition coefficient (Wildman–Crippen LogP) is 4.02. The van der Waals surface area contributed by atoms with Gasteiger partial charge in [-0.15, -0.1) is 0 Å². The summed E-state index contributed by atoms with van der Waals surface area (Å²) in [6.07, 6.45) is 4.26. The van der Waals surface area contributed by atoms with Crippen LogP contribution in [-0.2, 0) is 14.3 Å². The Morgan fingerprint density at radius 2 is 1.82 bits per heavy atom. The van der Waals surface area contributed by atoms with Crippen LogP contribution in [0, 0.1) is 11.3 Å². The first-order valence-corrected chi connectivity index (χ1v) is 9.42. The zero-order valence-corrected chi connectivity index (χ0v) is 17.1. The van der Waals surface area contributed by atoms with Crippen LogP contribution < -0.4 is 0 Å². The quantitative estimate of drug-likeness (QED) is 0.390. The molecule has 2 rings (SSSR count). The van der Waals surface area contributed by atoms with Crippen molar-refractivity contribution in [3.63, 3.8) is 0 Å². The summed E-state index contributed by atoms with van der Waals surface area (Å²) in [7, 11) is 0. The van der Waals surface area contributed by atoms with Gasteiger partial charge in [0.1, 0.15) is 11.9 Å². The molecule has 0 amide bonds. The molecule has 1 aromatic heterocycles. The molecule has 0 unspecified atom stereocenters. The molecule has 0 radical (unpaired) electrons. The third-order valence-corrected chi connectivity index (χ3v) is 4.83. The Morgan fingerprint density at radius 1 is 1.18 bits per heavy atom. The average Bonchev–Trinajstić information content (AvgIpc) is 3.14. The van der Waals surface area contributed by atoms with Gasteiger partial charge in [-0.25, -0.2) is 4.98 Å². The van der Waals surface area contributed by atoms with Crippen molar-refractivity contribution in [1.29, 1.82) is 0 Å². The van der Waals surface area contributed by atoms with Crippen molar-refractivity contribution in [2.24, 2.45) is 11.3 Å². The number of esters is 1. The van der Waals surface area contributed by atoms with E-state index in [1.807, 2.05) is 37.3 Å². The first-order valence-electron chi connectivity index (χ1n) is 9.42. The third-order valence-electron chi connectivity index (χ3n) is 4.83. The van der Waals surface area contributed by atoms with Gasteiger partial charge in [-0.3, -0.25) is 14.2 Å². The predicted molar refractivity (Wildman–Crippen MR) is 106 cm³/mol.